The first-order chi connectivity index (χ1) is 15.0. The quantitative estimate of drug-likeness (QED) is 0.609. The summed E-state index contributed by atoms with van der Waals surface area (Å²) in [5.74, 6) is -2.26. The second-order valence-electron chi connectivity index (χ2n) is 7.47. The summed E-state index contributed by atoms with van der Waals surface area (Å²) >= 11 is 1.71. The van der Waals surface area contributed by atoms with Crippen LogP contribution in [0.25, 0.3) is 0 Å². The van der Waals surface area contributed by atoms with E-state index < -0.39 is 11.6 Å². The number of hydrogen-bond acceptors (Lipinski definition) is 3. The monoisotopic (exact) mass is 440 g/mol. The number of nitrogens with one attached hydrogen (secondary N) is 1. The van der Waals surface area contributed by atoms with E-state index in [0.717, 1.165) is 29.7 Å². The van der Waals surface area contributed by atoms with Gasteiger partial charge in [-0.25, -0.2) is 8.78 Å². The molecule has 0 saturated heterocycles. The van der Waals surface area contributed by atoms with E-state index in [2.05, 4.69) is 16.8 Å². The average Bonchev–Trinajstić information content (AvgIpc) is 3.27. The Balaban J connectivity index is 1.38. The maximum Gasteiger partial charge on any atom is 0.223 e. The molecule has 0 fully saturated rings. The van der Waals surface area contributed by atoms with Crippen molar-refractivity contribution in [3.63, 3.8) is 0 Å². The third kappa shape index (κ3) is 4.82. The SMILES string of the molecule is O=C(CCC(=O)N1CCc2sccc2C1c1ccccc1)NCc1ccc(F)c(F)c1. The van der Waals surface area contributed by atoms with Crippen molar-refractivity contribution in [2.45, 2.75) is 31.8 Å². The largest absolute Gasteiger partial charge is 0.352 e. The normalized spacial score (nSPS) is 15.4. The zero-order valence-electron chi connectivity index (χ0n) is 16.8. The summed E-state index contributed by atoms with van der Waals surface area (Å²) in [6.45, 7) is 0.696. The molecule has 0 bridgehead atoms. The van der Waals surface area contributed by atoms with Crippen molar-refractivity contribution in [2.24, 2.45) is 0 Å². The number of benzene rings is 2. The summed E-state index contributed by atoms with van der Waals surface area (Å²) in [6, 6.07) is 15.3. The molecule has 160 valence electrons. The van der Waals surface area contributed by atoms with Gasteiger partial charge in [0, 0.05) is 30.8 Å². The third-order valence-electron chi connectivity index (χ3n) is 5.44. The summed E-state index contributed by atoms with van der Waals surface area (Å²) in [5.41, 5.74) is 2.67. The molecule has 0 radical (unpaired) electrons. The maximum atomic E-state index is 13.3. The predicted octanol–water partition coefficient (Wildman–Crippen LogP) is 4.60. The molecule has 2 heterocycles. The standard InChI is InChI=1S/C24H22F2N2O2S/c25-19-7-6-16(14-20(19)26)15-27-22(29)8-9-23(30)28-12-10-21-18(11-13-31-21)24(28)17-4-2-1-3-5-17/h1-7,11,13-14,24H,8-10,12,15H2,(H,27,29). The zero-order valence-corrected chi connectivity index (χ0v) is 17.6. The van der Waals surface area contributed by atoms with Crippen molar-refractivity contribution in [2.75, 3.05) is 6.54 Å². The smallest absolute Gasteiger partial charge is 0.223 e. The lowest BCUT2D eigenvalue weighted by atomic mass is 9.93. The zero-order chi connectivity index (χ0) is 21.8. The lowest BCUT2D eigenvalue weighted by Gasteiger charge is -2.36. The minimum absolute atomic E-state index is 0.0387. The number of carbonyl (C=O) groups is 2. The van der Waals surface area contributed by atoms with Crippen LogP contribution >= 0.6 is 11.3 Å². The lowest BCUT2D eigenvalue weighted by molar-refractivity contribution is -0.135. The Morgan fingerprint density at radius 2 is 1.84 bits per heavy atom. The van der Waals surface area contributed by atoms with Crippen LogP contribution in [0.5, 0.6) is 0 Å². The van der Waals surface area contributed by atoms with Crippen LogP contribution in [-0.2, 0) is 22.6 Å². The van der Waals surface area contributed by atoms with Gasteiger partial charge in [0.1, 0.15) is 0 Å². The topological polar surface area (TPSA) is 49.4 Å². The number of halogens is 2. The fourth-order valence-electron chi connectivity index (χ4n) is 3.88. The van der Waals surface area contributed by atoms with Gasteiger partial charge in [-0.3, -0.25) is 9.59 Å². The van der Waals surface area contributed by atoms with E-state index >= 15 is 0 Å². The summed E-state index contributed by atoms with van der Waals surface area (Å²) in [7, 11) is 0. The summed E-state index contributed by atoms with van der Waals surface area (Å²) in [5, 5.41) is 4.72. The van der Waals surface area contributed by atoms with Gasteiger partial charge in [-0.1, -0.05) is 36.4 Å². The highest BCUT2D eigenvalue weighted by Gasteiger charge is 2.32. The van der Waals surface area contributed by atoms with E-state index in [-0.39, 0.29) is 37.2 Å². The fourth-order valence-corrected chi connectivity index (χ4v) is 4.79. The Hall–Kier alpha value is -3.06. The van der Waals surface area contributed by atoms with Gasteiger partial charge in [0.2, 0.25) is 11.8 Å². The molecule has 0 aliphatic carbocycles. The van der Waals surface area contributed by atoms with Gasteiger partial charge in [0.25, 0.3) is 0 Å². The van der Waals surface area contributed by atoms with Gasteiger partial charge in [-0.05, 0) is 46.7 Å². The number of carbonyl (C=O) groups excluding carboxylic acids is 2. The Bertz CT molecular complexity index is 1080. The van der Waals surface area contributed by atoms with Gasteiger partial charge in [0.15, 0.2) is 11.6 Å². The molecule has 3 aromatic rings. The van der Waals surface area contributed by atoms with Crippen molar-refractivity contribution in [3.05, 3.63) is 93.2 Å². The van der Waals surface area contributed by atoms with E-state index in [4.69, 9.17) is 0 Å². The number of fused-ring (bicyclic) bond motifs is 1. The van der Waals surface area contributed by atoms with Crippen LogP contribution in [0.15, 0.2) is 60.0 Å². The minimum atomic E-state index is -0.952. The number of hydrogen-bond donors (Lipinski definition) is 1. The minimum Gasteiger partial charge on any atom is -0.352 e. The molecule has 1 N–H and O–H groups in total. The molecular formula is C24H22F2N2O2S. The highest BCUT2D eigenvalue weighted by molar-refractivity contribution is 7.10. The number of thiophene rings is 1. The number of rotatable bonds is 6. The maximum absolute atomic E-state index is 13.3. The van der Waals surface area contributed by atoms with E-state index in [1.165, 1.54) is 10.9 Å². The third-order valence-corrected chi connectivity index (χ3v) is 6.44. The van der Waals surface area contributed by atoms with Crippen LogP contribution in [0.4, 0.5) is 8.78 Å². The highest BCUT2D eigenvalue weighted by Crippen LogP contribution is 2.38. The van der Waals surface area contributed by atoms with E-state index in [1.54, 1.807) is 11.3 Å². The van der Waals surface area contributed by atoms with Gasteiger partial charge in [-0.2, -0.15) is 0 Å². The number of nitrogens with zero attached hydrogens (tertiary/aromatic N) is 1. The van der Waals surface area contributed by atoms with Crippen LogP contribution < -0.4 is 5.32 Å². The molecular weight excluding hydrogens is 418 g/mol. The van der Waals surface area contributed by atoms with Crippen LogP contribution in [-0.4, -0.2) is 23.3 Å². The Kier molecular flexibility index (Phi) is 6.42. The second kappa shape index (κ2) is 9.39. The summed E-state index contributed by atoms with van der Waals surface area (Å²) in [4.78, 5) is 28.4. The molecule has 1 aliphatic heterocycles. The highest BCUT2D eigenvalue weighted by atomic mass is 32.1. The van der Waals surface area contributed by atoms with E-state index in [0.29, 0.717) is 12.1 Å². The van der Waals surface area contributed by atoms with Crippen molar-refractivity contribution in [1.29, 1.82) is 0 Å². The van der Waals surface area contributed by atoms with Crippen molar-refractivity contribution < 1.29 is 18.4 Å². The van der Waals surface area contributed by atoms with Gasteiger partial charge < -0.3 is 10.2 Å². The molecule has 4 nitrogen and oxygen atoms in total. The van der Waals surface area contributed by atoms with Gasteiger partial charge in [-0.15, -0.1) is 11.3 Å². The predicted molar refractivity (Wildman–Crippen MR) is 115 cm³/mol. The molecule has 1 unspecified atom stereocenters. The lowest BCUT2D eigenvalue weighted by Crippen LogP contribution is -2.40. The molecule has 1 aromatic heterocycles. The van der Waals surface area contributed by atoms with Crippen molar-refractivity contribution >= 4 is 23.2 Å². The summed E-state index contributed by atoms with van der Waals surface area (Å²) in [6.07, 6.45) is 0.938. The average molecular weight is 441 g/mol. The first-order valence-electron chi connectivity index (χ1n) is 10.1. The molecule has 2 amide bonds. The van der Waals surface area contributed by atoms with Crippen LogP contribution in [0.2, 0.25) is 0 Å². The van der Waals surface area contributed by atoms with Crippen molar-refractivity contribution in [1.82, 2.24) is 10.2 Å². The molecule has 7 heteroatoms. The number of amides is 2. The Morgan fingerprint density at radius 3 is 2.61 bits per heavy atom. The molecule has 31 heavy (non-hydrogen) atoms. The second-order valence-corrected chi connectivity index (χ2v) is 8.48. The van der Waals surface area contributed by atoms with Crippen LogP contribution in [0, 0.1) is 11.6 Å². The fraction of sp³-hybridized carbons (Fsp3) is 0.250. The molecule has 1 atom stereocenters. The molecule has 1 aliphatic rings. The van der Waals surface area contributed by atoms with Gasteiger partial charge >= 0.3 is 0 Å². The van der Waals surface area contributed by atoms with Gasteiger partial charge in [0.05, 0.1) is 6.04 Å². The Labute approximate surface area is 183 Å². The van der Waals surface area contributed by atoms with E-state index in [1.807, 2.05) is 35.2 Å². The van der Waals surface area contributed by atoms with Crippen molar-refractivity contribution in [3.8, 4) is 0 Å². The van der Waals surface area contributed by atoms with Crippen LogP contribution in [0.1, 0.15) is 40.5 Å². The summed E-state index contributed by atoms with van der Waals surface area (Å²) < 4.78 is 26.3. The molecule has 0 spiro atoms. The van der Waals surface area contributed by atoms with Crippen LogP contribution in [0.3, 0.4) is 0 Å². The van der Waals surface area contributed by atoms with E-state index in [9.17, 15) is 18.4 Å². The molecule has 2 aromatic carbocycles. The first kappa shape index (κ1) is 21.2. The molecule has 0 saturated carbocycles. The molecule has 4 rings (SSSR count). The Morgan fingerprint density at radius 1 is 1.03 bits per heavy atom. The first-order valence-corrected chi connectivity index (χ1v) is 11.0.